The molecule has 1 aromatic rings. The summed E-state index contributed by atoms with van der Waals surface area (Å²) in [4.78, 5) is 12.9. The van der Waals surface area contributed by atoms with Gasteiger partial charge < -0.3 is 15.0 Å². The fourth-order valence-corrected chi connectivity index (χ4v) is 1.57. The molecule has 1 aromatic carbocycles. The van der Waals surface area contributed by atoms with Crippen molar-refractivity contribution < 1.29 is 9.53 Å². The molecule has 1 amide bonds. The van der Waals surface area contributed by atoms with E-state index in [9.17, 15) is 4.79 Å². The summed E-state index contributed by atoms with van der Waals surface area (Å²) in [6, 6.07) is 5.43. The number of benzene rings is 1. The Morgan fingerprint density at radius 1 is 1.47 bits per heavy atom. The molecule has 0 atom stereocenters. The van der Waals surface area contributed by atoms with Gasteiger partial charge in [-0.05, 0) is 18.2 Å². The summed E-state index contributed by atoms with van der Waals surface area (Å²) in [7, 11) is 5.06. The van der Waals surface area contributed by atoms with E-state index >= 15 is 0 Å². The zero-order valence-electron chi connectivity index (χ0n) is 10.3. The first-order chi connectivity index (χ1) is 8.04. The zero-order valence-corrected chi connectivity index (χ0v) is 11.0. The number of amides is 1. The van der Waals surface area contributed by atoms with E-state index in [1.165, 1.54) is 0 Å². The topological polar surface area (TPSA) is 41.6 Å². The summed E-state index contributed by atoms with van der Waals surface area (Å²) in [6.45, 7) is 0.583. The number of carbonyl (C=O) groups is 1. The van der Waals surface area contributed by atoms with E-state index < -0.39 is 0 Å². The highest BCUT2D eigenvalue weighted by Gasteiger charge is 2.04. The number of nitrogens with one attached hydrogen (secondary N) is 1. The van der Waals surface area contributed by atoms with Gasteiger partial charge in [-0.2, -0.15) is 0 Å². The maximum absolute atomic E-state index is 11.3. The summed E-state index contributed by atoms with van der Waals surface area (Å²) in [5.74, 6) is 0.735. The lowest BCUT2D eigenvalue weighted by atomic mass is 10.3. The highest BCUT2D eigenvalue weighted by molar-refractivity contribution is 6.32. The van der Waals surface area contributed by atoms with Crippen LogP contribution < -0.4 is 10.1 Å². The third-order valence-corrected chi connectivity index (χ3v) is 2.61. The number of hydrogen-bond acceptors (Lipinski definition) is 3. The van der Waals surface area contributed by atoms with Crippen LogP contribution in [0, 0.1) is 0 Å². The van der Waals surface area contributed by atoms with Gasteiger partial charge >= 0.3 is 0 Å². The summed E-state index contributed by atoms with van der Waals surface area (Å²) in [5, 5.41) is 3.69. The summed E-state index contributed by atoms with van der Waals surface area (Å²) < 4.78 is 5.05. The lowest BCUT2D eigenvalue weighted by Crippen LogP contribution is -2.23. The smallest absolute Gasteiger partial charge is 0.223 e. The van der Waals surface area contributed by atoms with Crippen molar-refractivity contribution in [3.05, 3.63) is 23.2 Å². The van der Waals surface area contributed by atoms with Gasteiger partial charge in [0, 0.05) is 32.7 Å². The van der Waals surface area contributed by atoms with Crippen molar-refractivity contribution in [1.29, 1.82) is 0 Å². The number of carbonyl (C=O) groups excluding carboxylic acids is 1. The Morgan fingerprint density at radius 2 is 2.18 bits per heavy atom. The van der Waals surface area contributed by atoms with Crippen molar-refractivity contribution in [1.82, 2.24) is 4.90 Å². The van der Waals surface area contributed by atoms with Crippen molar-refractivity contribution in [2.75, 3.05) is 33.1 Å². The monoisotopic (exact) mass is 256 g/mol. The van der Waals surface area contributed by atoms with Crippen LogP contribution in [0.15, 0.2) is 18.2 Å². The molecule has 0 aliphatic heterocycles. The first kappa shape index (κ1) is 13.6. The first-order valence-corrected chi connectivity index (χ1v) is 5.70. The van der Waals surface area contributed by atoms with Crippen LogP contribution in [-0.2, 0) is 4.79 Å². The molecule has 0 heterocycles. The van der Waals surface area contributed by atoms with E-state index in [1.807, 2.05) is 6.07 Å². The average molecular weight is 257 g/mol. The van der Waals surface area contributed by atoms with Crippen LogP contribution in [0.4, 0.5) is 5.69 Å². The van der Waals surface area contributed by atoms with Crippen LogP contribution >= 0.6 is 11.6 Å². The van der Waals surface area contributed by atoms with Gasteiger partial charge in [0.15, 0.2) is 0 Å². The molecule has 0 saturated carbocycles. The second-order valence-corrected chi connectivity index (χ2v) is 4.22. The average Bonchev–Trinajstić information content (AvgIpc) is 2.29. The number of nitrogens with zero attached hydrogens (tertiary/aromatic N) is 1. The van der Waals surface area contributed by atoms with Crippen molar-refractivity contribution in [2.45, 2.75) is 6.42 Å². The van der Waals surface area contributed by atoms with Crippen LogP contribution in [0.5, 0.6) is 5.75 Å². The van der Waals surface area contributed by atoms with Gasteiger partial charge in [-0.3, -0.25) is 4.79 Å². The number of halogens is 1. The van der Waals surface area contributed by atoms with Crippen molar-refractivity contribution in [3.8, 4) is 5.75 Å². The second kappa shape index (κ2) is 6.35. The lowest BCUT2D eigenvalue weighted by molar-refractivity contribution is -0.128. The quantitative estimate of drug-likeness (QED) is 0.879. The van der Waals surface area contributed by atoms with Crippen LogP contribution in [-0.4, -0.2) is 38.6 Å². The molecule has 5 heteroatoms. The summed E-state index contributed by atoms with van der Waals surface area (Å²) in [5.41, 5.74) is 0.877. The van der Waals surface area contributed by atoms with E-state index in [0.29, 0.717) is 23.7 Å². The van der Waals surface area contributed by atoms with Crippen LogP contribution in [0.2, 0.25) is 5.02 Å². The molecule has 4 nitrogen and oxygen atoms in total. The van der Waals surface area contributed by atoms with E-state index in [4.69, 9.17) is 16.3 Å². The van der Waals surface area contributed by atoms with Crippen molar-refractivity contribution in [3.63, 3.8) is 0 Å². The molecule has 0 spiro atoms. The maximum Gasteiger partial charge on any atom is 0.223 e. The van der Waals surface area contributed by atoms with Gasteiger partial charge in [0.05, 0.1) is 12.1 Å². The van der Waals surface area contributed by atoms with Crippen LogP contribution in [0.3, 0.4) is 0 Å². The highest BCUT2D eigenvalue weighted by atomic mass is 35.5. The van der Waals surface area contributed by atoms with Gasteiger partial charge in [-0.1, -0.05) is 11.6 Å². The molecule has 0 aliphatic carbocycles. The fraction of sp³-hybridized carbons (Fsp3) is 0.417. The first-order valence-electron chi connectivity index (χ1n) is 5.32. The molecule has 1 N–H and O–H groups in total. The Bertz CT molecular complexity index is 394. The molecule has 0 radical (unpaired) electrons. The second-order valence-electron chi connectivity index (χ2n) is 3.81. The van der Waals surface area contributed by atoms with E-state index in [1.54, 1.807) is 38.2 Å². The third-order valence-electron chi connectivity index (χ3n) is 2.32. The largest absolute Gasteiger partial charge is 0.495 e. The van der Waals surface area contributed by atoms with Crippen LogP contribution in [0.25, 0.3) is 0 Å². The fourth-order valence-electron chi connectivity index (χ4n) is 1.31. The third kappa shape index (κ3) is 4.15. The molecule has 1 rings (SSSR count). The molecule has 0 bridgehead atoms. The molecule has 0 unspecified atom stereocenters. The minimum absolute atomic E-state index is 0.0945. The van der Waals surface area contributed by atoms with E-state index in [2.05, 4.69) is 5.32 Å². The minimum Gasteiger partial charge on any atom is -0.495 e. The van der Waals surface area contributed by atoms with Gasteiger partial charge in [-0.25, -0.2) is 0 Å². The lowest BCUT2D eigenvalue weighted by Gasteiger charge is -2.11. The molecule has 0 fully saturated rings. The number of methoxy groups -OCH3 is 1. The Morgan fingerprint density at radius 3 is 2.71 bits per heavy atom. The number of anilines is 1. The Labute approximate surface area is 107 Å². The highest BCUT2D eigenvalue weighted by Crippen LogP contribution is 2.27. The van der Waals surface area contributed by atoms with Crippen molar-refractivity contribution >= 4 is 23.2 Å². The molecular weight excluding hydrogens is 240 g/mol. The Kier molecular flexibility index (Phi) is 5.10. The maximum atomic E-state index is 11.3. The van der Waals surface area contributed by atoms with Gasteiger partial charge in [0.2, 0.25) is 5.91 Å². The number of rotatable bonds is 5. The molecule has 0 aliphatic rings. The Hall–Kier alpha value is -1.42. The van der Waals surface area contributed by atoms with E-state index in [-0.39, 0.29) is 5.91 Å². The SMILES string of the molecule is COc1ccc(NCCC(=O)N(C)C)cc1Cl. The van der Waals surface area contributed by atoms with E-state index in [0.717, 1.165) is 5.69 Å². The number of hydrogen-bond donors (Lipinski definition) is 1. The predicted octanol–water partition coefficient (Wildman–Crippen LogP) is 2.24. The Balaban J connectivity index is 2.47. The van der Waals surface area contributed by atoms with Crippen LogP contribution in [0.1, 0.15) is 6.42 Å². The standard InChI is InChI=1S/C12H17ClN2O2/c1-15(2)12(16)6-7-14-9-4-5-11(17-3)10(13)8-9/h4-5,8,14H,6-7H2,1-3H3. The number of ether oxygens (including phenoxy) is 1. The molecule has 94 valence electrons. The molecule has 17 heavy (non-hydrogen) atoms. The summed E-state index contributed by atoms with van der Waals surface area (Å²) in [6.07, 6.45) is 0.455. The zero-order chi connectivity index (χ0) is 12.8. The van der Waals surface area contributed by atoms with Gasteiger partial charge in [-0.15, -0.1) is 0 Å². The van der Waals surface area contributed by atoms with Gasteiger partial charge in [0.1, 0.15) is 5.75 Å². The summed E-state index contributed by atoms with van der Waals surface area (Å²) >= 11 is 5.98. The normalized spacial score (nSPS) is 9.88. The predicted molar refractivity (Wildman–Crippen MR) is 69.8 cm³/mol. The molecule has 0 aromatic heterocycles. The molecular formula is C12H17ClN2O2. The minimum atomic E-state index is 0.0945. The molecule has 0 saturated heterocycles. The van der Waals surface area contributed by atoms with Gasteiger partial charge in [0.25, 0.3) is 0 Å². The van der Waals surface area contributed by atoms with Crippen molar-refractivity contribution in [2.24, 2.45) is 0 Å².